The SMILES string of the molecule is CC(NC1CSC1)c1ccccc1Br. The first-order chi connectivity index (χ1) is 6.77. The van der Waals surface area contributed by atoms with Gasteiger partial charge in [-0.3, -0.25) is 0 Å². The van der Waals surface area contributed by atoms with Gasteiger partial charge in [-0.2, -0.15) is 11.8 Å². The largest absolute Gasteiger partial charge is 0.306 e. The van der Waals surface area contributed by atoms with Crippen LogP contribution in [0.3, 0.4) is 0 Å². The van der Waals surface area contributed by atoms with Crippen LogP contribution in [0, 0.1) is 0 Å². The zero-order valence-electron chi connectivity index (χ0n) is 8.16. The maximum atomic E-state index is 3.62. The van der Waals surface area contributed by atoms with Gasteiger partial charge in [0.2, 0.25) is 0 Å². The molecule has 2 rings (SSSR count). The van der Waals surface area contributed by atoms with Crippen molar-refractivity contribution in [2.45, 2.75) is 19.0 Å². The van der Waals surface area contributed by atoms with Gasteiger partial charge in [-0.05, 0) is 18.6 Å². The standard InChI is InChI=1S/C11H14BrNS/c1-8(13-9-6-14-7-9)10-4-2-3-5-11(10)12/h2-5,8-9,13H,6-7H2,1H3. The Labute approximate surface area is 97.8 Å². The minimum atomic E-state index is 0.441. The number of benzene rings is 1. The van der Waals surface area contributed by atoms with Crippen LogP contribution in [0.5, 0.6) is 0 Å². The highest BCUT2D eigenvalue weighted by Crippen LogP contribution is 2.26. The van der Waals surface area contributed by atoms with Crippen LogP contribution in [0.1, 0.15) is 18.5 Å². The molecule has 1 aliphatic heterocycles. The van der Waals surface area contributed by atoms with Crippen molar-refractivity contribution < 1.29 is 0 Å². The summed E-state index contributed by atoms with van der Waals surface area (Å²) in [6.07, 6.45) is 0. The third kappa shape index (κ3) is 2.33. The van der Waals surface area contributed by atoms with Crippen LogP contribution < -0.4 is 5.32 Å². The van der Waals surface area contributed by atoms with Gasteiger partial charge in [0.15, 0.2) is 0 Å². The maximum absolute atomic E-state index is 3.62. The Morgan fingerprint density at radius 1 is 1.43 bits per heavy atom. The molecule has 1 unspecified atom stereocenters. The predicted octanol–water partition coefficient (Wildman–Crippen LogP) is 3.22. The van der Waals surface area contributed by atoms with Gasteiger partial charge in [0.05, 0.1) is 0 Å². The van der Waals surface area contributed by atoms with Crippen LogP contribution in [0.4, 0.5) is 0 Å². The Morgan fingerprint density at radius 2 is 2.14 bits per heavy atom. The quantitative estimate of drug-likeness (QED) is 0.906. The summed E-state index contributed by atoms with van der Waals surface area (Å²) in [6.45, 7) is 2.23. The second kappa shape index (κ2) is 4.69. The van der Waals surface area contributed by atoms with Crippen LogP contribution in [-0.4, -0.2) is 17.5 Å². The number of halogens is 1. The van der Waals surface area contributed by atoms with Crippen molar-refractivity contribution in [3.8, 4) is 0 Å². The lowest BCUT2D eigenvalue weighted by molar-refractivity contribution is 0.501. The number of hydrogen-bond acceptors (Lipinski definition) is 2. The van der Waals surface area contributed by atoms with Crippen molar-refractivity contribution in [1.82, 2.24) is 5.32 Å². The summed E-state index contributed by atoms with van der Waals surface area (Å²) in [5.74, 6) is 2.52. The monoisotopic (exact) mass is 271 g/mol. The van der Waals surface area contributed by atoms with E-state index in [1.807, 2.05) is 11.8 Å². The Morgan fingerprint density at radius 3 is 2.71 bits per heavy atom. The fraction of sp³-hybridized carbons (Fsp3) is 0.455. The predicted molar refractivity (Wildman–Crippen MR) is 66.8 cm³/mol. The van der Waals surface area contributed by atoms with Crippen LogP contribution in [-0.2, 0) is 0 Å². The minimum absolute atomic E-state index is 0.441. The van der Waals surface area contributed by atoms with Crippen LogP contribution in [0.25, 0.3) is 0 Å². The molecule has 1 saturated heterocycles. The Bertz CT molecular complexity index is 312. The molecule has 1 aromatic carbocycles. The molecule has 1 heterocycles. The number of thioether (sulfide) groups is 1. The zero-order chi connectivity index (χ0) is 9.97. The molecule has 1 aromatic rings. The first kappa shape index (κ1) is 10.5. The first-order valence-corrected chi connectivity index (χ1v) is 6.80. The van der Waals surface area contributed by atoms with E-state index in [0.29, 0.717) is 12.1 Å². The third-order valence-corrected chi connectivity index (χ3v) is 4.49. The average Bonchev–Trinajstić information content (AvgIpc) is 2.12. The molecular weight excluding hydrogens is 258 g/mol. The molecule has 1 atom stereocenters. The number of hydrogen-bond donors (Lipinski definition) is 1. The second-order valence-corrected chi connectivity index (χ2v) is 5.57. The molecule has 1 aliphatic rings. The minimum Gasteiger partial charge on any atom is -0.306 e. The van der Waals surface area contributed by atoms with Gasteiger partial charge in [-0.1, -0.05) is 34.1 Å². The Balaban J connectivity index is 2.02. The van der Waals surface area contributed by atoms with Crippen LogP contribution >= 0.6 is 27.7 Å². The lowest BCUT2D eigenvalue weighted by Gasteiger charge is -2.30. The van der Waals surface area contributed by atoms with Gasteiger partial charge < -0.3 is 5.32 Å². The summed E-state index contributed by atoms with van der Waals surface area (Å²) >= 11 is 5.59. The molecular formula is C11H14BrNS. The molecule has 0 radical (unpaired) electrons. The number of rotatable bonds is 3. The molecule has 14 heavy (non-hydrogen) atoms. The highest BCUT2D eigenvalue weighted by molar-refractivity contribution is 9.10. The van der Waals surface area contributed by atoms with Gasteiger partial charge in [-0.15, -0.1) is 0 Å². The lowest BCUT2D eigenvalue weighted by atomic mass is 10.1. The van der Waals surface area contributed by atoms with Gasteiger partial charge in [0, 0.05) is 28.1 Å². The smallest absolute Gasteiger partial charge is 0.0306 e. The average molecular weight is 272 g/mol. The normalized spacial score (nSPS) is 19.0. The molecule has 3 heteroatoms. The lowest BCUT2D eigenvalue weighted by Crippen LogP contribution is -2.41. The fourth-order valence-corrected chi connectivity index (χ4v) is 2.89. The van der Waals surface area contributed by atoms with E-state index in [0.717, 1.165) is 0 Å². The molecule has 1 N–H and O–H groups in total. The second-order valence-electron chi connectivity index (χ2n) is 3.64. The number of nitrogens with one attached hydrogen (secondary N) is 1. The summed E-state index contributed by atoms with van der Waals surface area (Å²) in [6, 6.07) is 9.57. The fourth-order valence-electron chi connectivity index (χ4n) is 1.60. The highest BCUT2D eigenvalue weighted by atomic mass is 79.9. The van der Waals surface area contributed by atoms with Crippen molar-refractivity contribution in [3.05, 3.63) is 34.3 Å². The summed E-state index contributed by atoms with van der Waals surface area (Å²) in [5, 5.41) is 3.62. The topological polar surface area (TPSA) is 12.0 Å². The maximum Gasteiger partial charge on any atom is 0.0306 e. The molecule has 1 nitrogen and oxygen atoms in total. The Kier molecular flexibility index (Phi) is 3.52. The van der Waals surface area contributed by atoms with E-state index in [9.17, 15) is 0 Å². The summed E-state index contributed by atoms with van der Waals surface area (Å²) < 4.78 is 1.20. The first-order valence-electron chi connectivity index (χ1n) is 4.85. The van der Waals surface area contributed by atoms with Gasteiger partial charge in [-0.25, -0.2) is 0 Å². The van der Waals surface area contributed by atoms with Crippen molar-refractivity contribution in [1.29, 1.82) is 0 Å². The zero-order valence-corrected chi connectivity index (χ0v) is 10.6. The van der Waals surface area contributed by atoms with E-state index in [-0.39, 0.29) is 0 Å². The van der Waals surface area contributed by atoms with Gasteiger partial charge in [0.1, 0.15) is 0 Å². The molecule has 0 saturated carbocycles. The van der Waals surface area contributed by atoms with E-state index in [1.54, 1.807) is 0 Å². The summed E-state index contributed by atoms with van der Waals surface area (Å²) in [4.78, 5) is 0. The van der Waals surface area contributed by atoms with Crippen molar-refractivity contribution in [2.24, 2.45) is 0 Å². The Hall–Kier alpha value is 0.01000. The van der Waals surface area contributed by atoms with E-state index in [4.69, 9.17) is 0 Å². The highest BCUT2D eigenvalue weighted by Gasteiger charge is 2.20. The van der Waals surface area contributed by atoms with Gasteiger partial charge >= 0.3 is 0 Å². The molecule has 1 fully saturated rings. The van der Waals surface area contributed by atoms with E-state index in [2.05, 4.69) is 52.4 Å². The van der Waals surface area contributed by atoms with Gasteiger partial charge in [0.25, 0.3) is 0 Å². The molecule has 0 aromatic heterocycles. The van der Waals surface area contributed by atoms with Crippen molar-refractivity contribution >= 4 is 27.7 Å². The third-order valence-electron chi connectivity index (χ3n) is 2.50. The molecule has 0 amide bonds. The summed E-state index contributed by atoms with van der Waals surface area (Å²) in [7, 11) is 0. The molecule has 0 spiro atoms. The van der Waals surface area contributed by atoms with Crippen molar-refractivity contribution in [2.75, 3.05) is 11.5 Å². The van der Waals surface area contributed by atoms with Crippen LogP contribution in [0.15, 0.2) is 28.7 Å². The van der Waals surface area contributed by atoms with Crippen molar-refractivity contribution in [3.63, 3.8) is 0 Å². The molecule has 0 aliphatic carbocycles. The molecule has 0 bridgehead atoms. The van der Waals surface area contributed by atoms with E-state index < -0.39 is 0 Å². The van der Waals surface area contributed by atoms with Crippen LogP contribution in [0.2, 0.25) is 0 Å². The summed E-state index contributed by atoms with van der Waals surface area (Å²) in [5.41, 5.74) is 1.35. The van der Waals surface area contributed by atoms with E-state index >= 15 is 0 Å². The molecule has 76 valence electrons. The van der Waals surface area contributed by atoms with E-state index in [1.165, 1.54) is 21.5 Å².